The van der Waals surface area contributed by atoms with E-state index in [9.17, 15) is 0 Å². The number of rotatable bonds is 3. The van der Waals surface area contributed by atoms with Crippen LogP contribution in [0.2, 0.25) is 0 Å². The molecule has 0 N–H and O–H groups in total. The van der Waals surface area contributed by atoms with Crippen LogP contribution in [0.5, 0.6) is 0 Å². The molecule has 4 rings (SSSR count). The van der Waals surface area contributed by atoms with E-state index in [0.29, 0.717) is 5.92 Å². The molecule has 2 aliphatic rings. The molecule has 3 heterocycles. The van der Waals surface area contributed by atoms with Crippen LogP contribution in [0.1, 0.15) is 68.5 Å². The van der Waals surface area contributed by atoms with Crippen molar-refractivity contribution in [2.75, 3.05) is 6.54 Å². The third-order valence-electron chi connectivity index (χ3n) is 5.10. The van der Waals surface area contributed by atoms with Crippen LogP contribution < -0.4 is 0 Å². The van der Waals surface area contributed by atoms with Crippen molar-refractivity contribution in [1.29, 1.82) is 0 Å². The fraction of sp³-hybridized carbons (Fsp3) is 0.706. The monoisotopic (exact) mass is 315 g/mol. The number of hydrogen-bond acceptors (Lipinski definition) is 5. The summed E-state index contributed by atoms with van der Waals surface area (Å²) in [6.45, 7) is 8.69. The Morgan fingerprint density at radius 3 is 2.87 bits per heavy atom. The average molecular weight is 315 g/mol. The van der Waals surface area contributed by atoms with Crippen molar-refractivity contribution in [2.45, 2.75) is 58.5 Å². The summed E-state index contributed by atoms with van der Waals surface area (Å²) >= 11 is 0. The predicted octanol–water partition coefficient (Wildman–Crippen LogP) is 2.83. The van der Waals surface area contributed by atoms with Crippen LogP contribution >= 0.6 is 0 Å². The van der Waals surface area contributed by atoms with Gasteiger partial charge >= 0.3 is 0 Å². The molecular formula is C17H25N5O. The zero-order valence-electron chi connectivity index (χ0n) is 14.4. The Labute approximate surface area is 136 Å². The van der Waals surface area contributed by atoms with Crippen molar-refractivity contribution >= 4 is 0 Å². The molecule has 23 heavy (non-hydrogen) atoms. The van der Waals surface area contributed by atoms with E-state index in [1.165, 1.54) is 24.1 Å². The van der Waals surface area contributed by atoms with Gasteiger partial charge in [0.25, 0.3) is 0 Å². The first-order valence-corrected chi connectivity index (χ1v) is 8.50. The molecule has 6 nitrogen and oxygen atoms in total. The highest BCUT2D eigenvalue weighted by Gasteiger charge is 2.35. The second kappa shape index (κ2) is 5.16. The molecule has 1 atom stereocenters. The average Bonchev–Trinajstić information content (AvgIpc) is 3.18. The molecule has 0 radical (unpaired) electrons. The third kappa shape index (κ3) is 2.80. The smallest absolute Gasteiger partial charge is 0.243 e. The van der Waals surface area contributed by atoms with E-state index in [1.54, 1.807) is 0 Å². The summed E-state index contributed by atoms with van der Waals surface area (Å²) in [5, 5.41) is 8.62. The second-order valence-electron chi connectivity index (χ2n) is 7.93. The first-order valence-electron chi connectivity index (χ1n) is 8.50. The first kappa shape index (κ1) is 14.9. The molecule has 1 unspecified atom stereocenters. The molecule has 2 aromatic heterocycles. The maximum atomic E-state index is 5.56. The van der Waals surface area contributed by atoms with Gasteiger partial charge in [-0.25, -0.2) is 0 Å². The first-order chi connectivity index (χ1) is 10.9. The van der Waals surface area contributed by atoms with Crippen LogP contribution in [0, 0.1) is 5.41 Å². The van der Waals surface area contributed by atoms with Gasteiger partial charge in [-0.05, 0) is 31.6 Å². The van der Waals surface area contributed by atoms with Gasteiger partial charge in [-0.3, -0.25) is 9.58 Å². The summed E-state index contributed by atoms with van der Waals surface area (Å²) in [6.07, 6.45) is 5.44. The lowest BCUT2D eigenvalue weighted by atomic mass is 9.87. The van der Waals surface area contributed by atoms with Gasteiger partial charge in [-0.1, -0.05) is 19.0 Å². The SMILES string of the molecule is CC(c1nc(C2CC2)no1)N1Cc2cnn(C)c2CC(C)(C)C1. The predicted molar refractivity (Wildman–Crippen MR) is 85.8 cm³/mol. The largest absolute Gasteiger partial charge is 0.338 e. The Morgan fingerprint density at radius 1 is 1.35 bits per heavy atom. The fourth-order valence-electron chi connectivity index (χ4n) is 3.56. The Kier molecular flexibility index (Phi) is 3.34. The molecule has 2 aromatic rings. The van der Waals surface area contributed by atoms with Crippen LogP contribution in [0.4, 0.5) is 0 Å². The Balaban J connectivity index is 1.61. The minimum Gasteiger partial charge on any atom is -0.338 e. The van der Waals surface area contributed by atoms with E-state index >= 15 is 0 Å². The highest BCUT2D eigenvalue weighted by Crippen LogP contribution is 2.39. The number of hydrogen-bond donors (Lipinski definition) is 0. The topological polar surface area (TPSA) is 60.0 Å². The summed E-state index contributed by atoms with van der Waals surface area (Å²) in [4.78, 5) is 7.09. The lowest BCUT2D eigenvalue weighted by Crippen LogP contribution is -2.35. The zero-order chi connectivity index (χ0) is 16.2. The molecule has 0 aromatic carbocycles. The third-order valence-corrected chi connectivity index (χ3v) is 5.10. The van der Waals surface area contributed by atoms with Gasteiger partial charge in [0.05, 0.1) is 12.2 Å². The van der Waals surface area contributed by atoms with Crippen LogP contribution in [0.15, 0.2) is 10.7 Å². The van der Waals surface area contributed by atoms with Crippen LogP contribution in [0.3, 0.4) is 0 Å². The van der Waals surface area contributed by atoms with Gasteiger partial charge in [-0.15, -0.1) is 0 Å². The quantitative estimate of drug-likeness (QED) is 0.871. The number of fused-ring (bicyclic) bond motifs is 1. The van der Waals surface area contributed by atoms with Crippen molar-refractivity contribution in [2.24, 2.45) is 12.5 Å². The standard InChI is InChI=1S/C17H25N5O/c1-11(16-19-15(20-23-16)12-5-6-12)22-9-13-8-18-21(4)14(13)7-17(2,3)10-22/h8,11-12H,5-7,9-10H2,1-4H3. The maximum Gasteiger partial charge on any atom is 0.243 e. The molecule has 0 saturated heterocycles. The minimum atomic E-state index is 0.125. The number of aryl methyl sites for hydroxylation is 1. The maximum absolute atomic E-state index is 5.56. The summed E-state index contributed by atoms with van der Waals surface area (Å²) in [5.41, 5.74) is 2.84. The fourth-order valence-corrected chi connectivity index (χ4v) is 3.56. The Hall–Kier alpha value is -1.69. The summed E-state index contributed by atoms with van der Waals surface area (Å²) in [5.74, 6) is 2.17. The molecule has 1 saturated carbocycles. The van der Waals surface area contributed by atoms with Crippen molar-refractivity contribution < 1.29 is 4.52 Å². The normalized spacial score (nSPS) is 22.6. The molecule has 1 fully saturated rings. The molecule has 0 spiro atoms. The van der Waals surface area contributed by atoms with E-state index in [1.807, 2.05) is 17.9 Å². The van der Waals surface area contributed by atoms with Gasteiger partial charge in [0.1, 0.15) is 0 Å². The van der Waals surface area contributed by atoms with E-state index in [4.69, 9.17) is 4.52 Å². The van der Waals surface area contributed by atoms with E-state index < -0.39 is 0 Å². The molecule has 124 valence electrons. The molecule has 1 aliphatic heterocycles. The van der Waals surface area contributed by atoms with Gasteiger partial charge in [0.2, 0.25) is 5.89 Å². The number of nitrogens with zero attached hydrogens (tertiary/aromatic N) is 5. The molecule has 0 bridgehead atoms. The summed E-state index contributed by atoms with van der Waals surface area (Å²) < 4.78 is 7.58. The molecule has 6 heteroatoms. The number of aromatic nitrogens is 4. The molecule has 0 amide bonds. The Bertz CT molecular complexity index is 712. The molecular weight excluding hydrogens is 290 g/mol. The Morgan fingerprint density at radius 2 is 2.13 bits per heavy atom. The van der Waals surface area contributed by atoms with Crippen molar-refractivity contribution in [3.63, 3.8) is 0 Å². The van der Waals surface area contributed by atoms with Gasteiger partial charge in [0.15, 0.2) is 5.82 Å². The van der Waals surface area contributed by atoms with Crippen LogP contribution in [0.25, 0.3) is 0 Å². The van der Waals surface area contributed by atoms with E-state index in [0.717, 1.165) is 31.2 Å². The second-order valence-corrected chi connectivity index (χ2v) is 7.93. The highest BCUT2D eigenvalue weighted by atomic mass is 16.5. The summed E-state index contributed by atoms with van der Waals surface area (Å²) in [7, 11) is 2.04. The van der Waals surface area contributed by atoms with Gasteiger partial charge < -0.3 is 4.52 Å². The zero-order valence-corrected chi connectivity index (χ0v) is 14.4. The van der Waals surface area contributed by atoms with E-state index in [2.05, 4.69) is 40.9 Å². The summed E-state index contributed by atoms with van der Waals surface area (Å²) in [6, 6.07) is 0.125. The highest BCUT2D eigenvalue weighted by molar-refractivity contribution is 5.21. The molecule has 1 aliphatic carbocycles. The van der Waals surface area contributed by atoms with Gasteiger partial charge in [-0.2, -0.15) is 10.1 Å². The van der Waals surface area contributed by atoms with Crippen molar-refractivity contribution in [3.05, 3.63) is 29.2 Å². The lowest BCUT2D eigenvalue weighted by molar-refractivity contribution is 0.116. The van der Waals surface area contributed by atoms with Crippen molar-refractivity contribution in [3.8, 4) is 0 Å². The van der Waals surface area contributed by atoms with Crippen LogP contribution in [-0.2, 0) is 20.0 Å². The van der Waals surface area contributed by atoms with Crippen molar-refractivity contribution in [1.82, 2.24) is 24.8 Å². The van der Waals surface area contributed by atoms with Gasteiger partial charge in [0, 0.05) is 37.3 Å². The van der Waals surface area contributed by atoms with Crippen LogP contribution in [-0.4, -0.2) is 31.4 Å². The minimum absolute atomic E-state index is 0.125. The van der Waals surface area contributed by atoms with E-state index in [-0.39, 0.29) is 11.5 Å². The lowest BCUT2D eigenvalue weighted by Gasteiger charge is -2.32.